The van der Waals surface area contributed by atoms with Crippen LogP contribution in [0.15, 0.2) is 24.3 Å². The van der Waals surface area contributed by atoms with Crippen LogP contribution >= 0.6 is 12.4 Å². The Kier molecular flexibility index (Phi) is 6.58. The summed E-state index contributed by atoms with van der Waals surface area (Å²) in [6.45, 7) is 2.03. The van der Waals surface area contributed by atoms with Crippen molar-refractivity contribution in [3.8, 4) is 0 Å². The summed E-state index contributed by atoms with van der Waals surface area (Å²) in [4.78, 5) is 24.5. The van der Waals surface area contributed by atoms with Crippen LogP contribution in [0.25, 0.3) is 0 Å². The van der Waals surface area contributed by atoms with Crippen molar-refractivity contribution in [2.75, 3.05) is 19.6 Å². The SMILES string of the molecule is Cl.NCCC1CCCN(C(=O)c2cccc([N+](=O)[O-])c2)C1. The van der Waals surface area contributed by atoms with Gasteiger partial charge in [-0.25, -0.2) is 0 Å². The molecule has 0 aromatic heterocycles. The van der Waals surface area contributed by atoms with Gasteiger partial charge in [0.1, 0.15) is 0 Å². The Morgan fingerprint density at radius 2 is 2.24 bits per heavy atom. The molecule has 1 atom stereocenters. The molecule has 6 nitrogen and oxygen atoms in total. The highest BCUT2D eigenvalue weighted by atomic mass is 35.5. The summed E-state index contributed by atoms with van der Waals surface area (Å²) < 4.78 is 0. The first kappa shape index (κ1) is 17.4. The molecule has 1 aromatic carbocycles. The van der Waals surface area contributed by atoms with Crippen LogP contribution < -0.4 is 5.73 Å². The summed E-state index contributed by atoms with van der Waals surface area (Å²) in [7, 11) is 0. The van der Waals surface area contributed by atoms with Crippen molar-refractivity contribution in [3.63, 3.8) is 0 Å². The van der Waals surface area contributed by atoms with E-state index in [0.29, 0.717) is 31.1 Å². The number of hydrogen-bond acceptors (Lipinski definition) is 4. The van der Waals surface area contributed by atoms with Crippen molar-refractivity contribution < 1.29 is 9.72 Å². The van der Waals surface area contributed by atoms with Gasteiger partial charge in [0.2, 0.25) is 0 Å². The fourth-order valence-corrected chi connectivity index (χ4v) is 2.66. The van der Waals surface area contributed by atoms with Crippen molar-refractivity contribution >= 4 is 24.0 Å². The topological polar surface area (TPSA) is 89.5 Å². The minimum atomic E-state index is -0.482. The number of halogens is 1. The second-order valence-electron chi connectivity index (χ2n) is 5.14. The summed E-state index contributed by atoms with van der Waals surface area (Å²) in [5, 5.41) is 10.8. The van der Waals surface area contributed by atoms with Gasteiger partial charge < -0.3 is 10.6 Å². The molecule has 1 aliphatic rings. The van der Waals surface area contributed by atoms with E-state index < -0.39 is 4.92 Å². The van der Waals surface area contributed by atoms with Gasteiger partial charge in [-0.3, -0.25) is 14.9 Å². The third kappa shape index (κ3) is 4.41. The molecule has 0 radical (unpaired) electrons. The highest BCUT2D eigenvalue weighted by Gasteiger charge is 2.24. The van der Waals surface area contributed by atoms with E-state index >= 15 is 0 Å². The Morgan fingerprint density at radius 1 is 1.48 bits per heavy atom. The largest absolute Gasteiger partial charge is 0.338 e. The molecule has 1 unspecified atom stereocenters. The molecule has 21 heavy (non-hydrogen) atoms. The Bertz CT molecular complexity index is 508. The van der Waals surface area contributed by atoms with Gasteiger partial charge in [-0.1, -0.05) is 6.07 Å². The quantitative estimate of drug-likeness (QED) is 0.681. The highest BCUT2D eigenvalue weighted by Crippen LogP contribution is 2.22. The Hall–Kier alpha value is -1.66. The van der Waals surface area contributed by atoms with Crippen LogP contribution in [0.3, 0.4) is 0 Å². The van der Waals surface area contributed by atoms with Crippen LogP contribution in [0.1, 0.15) is 29.6 Å². The van der Waals surface area contributed by atoms with E-state index in [2.05, 4.69) is 0 Å². The van der Waals surface area contributed by atoms with Gasteiger partial charge in [0.15, 0.2) is 0 Å². The second-order valence-corrected chi connectivity index (χ2v) is 5.14. The molecule has 0 saturated carbocycles. The van der Waals surface area contributed by atoms with E-state index in [1.54, 1.807) is 17.0 Å². The van der Waals surface area contributed by atoms with Crippen LogP contribution in [0.4, 0.5) is 5.69 Å². The van der Waals surface area contributed by atoms with E-state index in [9.17, 15) is 14.9 Å². The average molecular weight is 314 g/mol. The van der Waals surface area contributed by atoms with E-state index in [1.807, 2.05) is 0 Å². The zero-order valence-corrected chi connectivity index (χ0v) is 12.6. The molecule has 1 fully saturated rings. The first-order valence-electron chi connectivity index (χ1n) is 6.85. The lowest BCUT2D eigenvalue weighted by atomic mass is 9.94. The van der Waals surface area contributed by atoms with Crippen molar-refractivity contribution in [1.82, 2.24) is 4.90 Å². The predicted octanol–water partition coefficient (Wildman–Crippen LogP) is 2.22. The standard InChI is InChI=1S/C14H19N3O3.ClH/c15-7-6-11-3-2-8-16(10-11)14(18)12-4-1-5-13(9-12)17(19)20;/h1,4-5,9,11H,2-3,6-8,10,15H2;1H. The number of benzene rings is 1. The second kappa shape index (κ2) is 7.95. The summed E-state index contributed by atoms with van der Waals surface area (Å²) in [6, 6.07) is 5.91. The van der Waals surface area contributed by atoms with Crippen LogP contribution in [-0.4, -0.2) is 35.4 Å². The van der Waals surface area contributed by atoms with Crippen molar-refractivity contribution in [2.24, 2.45) is 11.7 Å². The van der Waals surface area contributed by atoms with Crippen LogP contribution in [0, 0.1) is 16.0 Å². The number of carbonyl (C=O) groups is 1. The molecule has 1 aromatic rings. The summed E-state index contributed by atoms with van der Waals surface area (Å²) >= 11 is 0. The predicted molar refractivity (Wildman–Crippen MR) is 82.6 cm³/mol. The smallest absolute Gasteiger partial charge is 0.270 e. The van der Waals surface area contributed by atoms with Crippen molar-refractivity contribution in [1.29, 1.82) is 0 Å². The molecule has 1 heterocycles. The molecular weight excluding hydrogens is 294 g/mol. The lowest BCUT2D eigenvalue weighted by molar-refractivity contribution is -0.384. The fourth-order valence-electron chi connectivity index (χ4n) is 2.66. The van der Waals surface area contributed by atoms with Gasteiger partial charge in [-0.2, -0.15) is 0 Å². The van der Waals surface area contributed by atoms with E-state index in [-0.39, 0.29) is 24.0 Å². The number of likely N-dealkylation sites (tertiary alicyclic amines) is 1. The number of nitro groups is 1. The first-order chi connectivity index (χ1) is 9.61. The maximum absolute atomic E-state index is 12.4. The number of piperidine rings is 1. The normalized spacial score (nSPS) is 18.0. The number of amides is 1. The molecule has 0 bridgehead atoms. The van der Waals surface area contributed by atoms with Crippen LogP contribution in [0.2, 0.25) is 0 Å². The van der Waals surface area contributed by atoms with E-state index in [4.69, 9.17) is 5.73 Å². The molecule has 1 saturated heterocycles. The molecule has 2 rings (SSSR count). The molecular formula is C14H20ClN3O3. The number of carbonyl (C=O) groups excluding carboxylic acids is 1. The minimum absolute atomic E-state index is 0. The first-order valence-corrected chi connectivity index (χ1v) is 6.85. The average Bonchev–Trinajstić information content (AvgIpc) is 2.47. The number of rotatable bonds is 4. The summed E-state index contributed by atoms with van der Waals surface area (Å²) in [5.74, 6) is 0.312. The third-order valence-electron chi connectivity index (χ3n) is 3.69. The molecule has 2 N–H and O–H groups in total. The van der Waals surface area contributed by atoms with Gasteiger partial charge in [0.05, 0.1) is 4.92 Å². The zero-order chi connectivity index (χ0) is 14.5. The van der Waals surface area contributed by atoms with Gasteiger partial charge in [-0.15, -0.1) is 12.4 Å². The number of non-ortho nitro benzene ring substituents is 1. The lowest BCUT2D eigenvalue weighted by Gasteiger charge is -2.32. The Labute approximate surface area is 129 Å². The molecule has 7 heteroatoms. The number of nitrogens with zero attached hydrogens (tertiary/aromatic N) is 2. The maximum Gasteiger partial charge on any atom is 0.270 e. The number of hydrogen-bond donors (Lipinski definition) is 1. The van der Waals surface area contributed by atoms with Gasteiger partial charge in [0, 0.05) is 30.8 Å². The van der Waals surface area contributed by atoms with Gasteiger partial charge in [0.25, 0.3) is 11.6 Å². The van der Waals surface area contributed by atoms with Crippen molar-refractivity contribution in [3.05, 3.63) is 39.9 Å². The maximum atomic E-state index is 12.4. The molecule has 116 valence electrons. The Morgan fingerprint density at radius 3 is 2.90 bits per heavy atom. The Balaban J connectivity index is 0.00000220. The molecule has 0 spiro atoms. The lowest BCUT2D eigenvalue weighted by Crippen LogP contribution is -2.40. The van der Waals surface area contributed by atoms with Crippen LogP contribution in [0.5, 0.6) is 0 Å². The fraction of sp³-hybridized carbons (Fsp3) is 0.500. The summed E-state index contributed by atoms with van der Waals surface area (Å²) in [6.07, 6.45) is 2.97. The molecule has 0 aliphatic carbocycles. The van der Waals surface area contributed by atoms with Crippen molar-refractivity contribution in [2.45, 2.75) is 19.3 Å². The van der Waals surface area contributed by atoms with E-state index in [0.717, 1.165) is 19.3 Å². The third-order valence-corrected chi connectivity index (χ3v) is 3.69. The number of nitro benzene ring substituents is 1. The monoisotopic (exact) mass is 313 g/mol. The van der Waals surface area contributed by atoms with E-state index in [1.165, 1.54) is 12.1 Å². The number of nitrogens with two attached hydrogens (primary N) is 1. The minimum Gasteiger partial charge on any atom is -0.338 e. The summed E-state index contributed by atoms with van der Waals surface area (Å²) in [5.41, 5.74) is 5.90. The van der Waals surface area contributed by atoms with Gasteiger partial charge in [-0.05, 0) is 37.8 Å². The highest BCUT2D eigenvalue weighted by molar-refractivity contribution is 5.94. The zero-order valence-electron chi connectivity index (χ0n) is 11.7. The van der Waals surface area contributed by atoms with Gasteiger partial charge >= 0.3 is 0 Å². The molecule has 1 aliphatic heterocycles. The van der Waals surface area contributed by atoms with Crippen LogP contribution in [-0.2, 0) is 0 Å². The molecule has 1 amide bonds.